The Labute approximate surface area is 192 Å². The maximum absolute atomic E-state index is 12.0. The first kappa shape index (κ1) is 19.9. The Morgan fingerprint density at radius 1 is 1.12 bits per heavy atom. The third kappa shape index (κ3) is 3.07. The zero-order valence-electron chi connectivity index (χ0n) is 18.7. The summed E-state index contributed by atoms with van der Waals surface area (Å²) >= 11 is 0. The van der Waals surface area contributed by atoms with Gasteiger partial charge in [0.1, 0.15) is 0 Å². The lowest BCUT2D eigenvalue weighted by Gasteiger charge is -2.09. The Balaban J connectivity index is 1.57. The Kier molecular flexibility index (Phi) is 4.34. The maximum atomic E-state index is 12.0. The third-order valence-corrected chi connectivity index (χ3v) is 6.10. The topological polar surface area (TPSA) is 119 Å². The van der Waals surface area contributed by atoms with Crippen molar-refractivity contribution < 1.29 is 4.42 Å². The minimum absolute atomic E-state index is 0.405. The van der Waals surface area contributed by atoms with E-state index in [9.17, 15) is 4.79 Å². The van der Waals surface area contributed by atoms with E-state index in [0.717, 1.165) is 44.7 Å². The van der Waals surface area contributed by atoms with Crippen LogP contribution in [-0.2, 0) is 7.05 Å². The van der Waals surface area contributed by atoms with Gasteiger partial charge in [-0.15, -0.1) is 5.10 Å². The number of aromatic amines is 1. The van der Waals surface area contributed by atoms with Crippen LogP contribution in [0.3, 0.4) is 0 Å². The van der Waals surface area contributed by atoms with Crippen molar-refractivity contribution in [2.24, 2.45) is 7.05 Å². The molecule has 0 aliphatic rings. The Morgan fingerprint density at radius 3 is 2.82 bits per heavy atom. The third-order valence-electron chi connectivity index (χ3n) is 6.10. The molecule has 0 aliphatic heterocycles. The summed E-state index contributed by atoms with van der Waals surface area (Å²) in [5.41, 5.74) is 8.27. The van der Waals surface area contributed by atoms with Gasteiger partial charge in [-0.3, -0.25) is 14.6 Å². The van der Waals surface area contributed by atoms with Gasteiger partial charge in [-0.25, -0.2) is 9.31 Å². The number of oxazole rings is 1. The molecule has 0 aliphatic carbocycles. The van der Waals surface area contributed by atoms with Gasteiger partial charge < -0.3 is 9.73 Å². The van der Waals surface area contributed by atoms with Crippen molar-refractivity contribution in [1.82, 2.24) is 34.3 Å². The van der Waals surface area contributed by atoms with Crippen LogP contribution in [-0.4, -0.2) is 34.3 Å². The van der Waals surface area contributed by atoms with E-state index >= 15 is 0 Å². The molecule has 2 N–H and O–H groups in total. The second-order valence-corrected chi connectivity index (χ2v) is 8.10. The molecule has 0 radical (unpaired) electrons. The highest BCUT2D eigenvalue weighted by molar-refractivity contribution is 5.94. The molecule has 10 nitrogen and oxygen atoms in total. The molecule has 168 valence electrons. The number of nitrogens with one attached hydrogen (secondary N) is 2. The van der Waals surface area contributed by atoms with Gasteiger partial charge in [0.15, 0.2) is 11.2 Å². The van der Waals surface area contributed by atoms with Crippen LogP contribution in [0.4, 0.5) is 11.6 Å². The molecule has 0 bridgehead atoms. The number of anilines is 2. The van der Waals surface area contributed by atoms with E-state index in [-0.39, 0.29) is 0 Å². The summed E-state index contributed by atoms with van der Waals surface area (Å²) in [5.74, 6) is 0.0593. The van der Waals surface area contributed by atoms with Crippen LogP contribution in [0.2, 0.25) is 0 Å². The summed E-state index contributed by atoms with van der Waals surface area (Å²) in [6, 6.07) is 9.55. The Bertz CT molecular complexity index is 1740. The number of fused-ring (bicyclic) bond motifs is 2. The second-order valence-electron chi connectivity index (χ2n) is 8.10. The van der Waals surface area contributed by atoms with Gasteiger partial charge in [0.25, 0.3) is 0 Å². The first-order valence-electron chi connectivity index (χ1n) is 10.7. The van der Waals surface area contributed by atoms with Crippen LogP contribution in [0.15, 0.2) is 64.3 Å². The lowest BCUT2D eigenvalue weighted by atomic mass is 9.97. The van der Waals surface area contributed by atoms with E-state index in [1.165, 1.54) is 4.57 Å². The highest BCUT2D eigenvalue weighted by Crippen LogP contribution is 2.36. The van der Waals surface area contributed by atoms with Gasteiger partial charge >= 0.3 is 5.76 Å². The average Bonchev–Trinajstić information content (AvgIpc) is 3.56. The number of aromatic nitrogens is 7. The van der Waals surface area contributed by atoms with Crippen molar-refractivity contribution in [3.63, 3.8) is 0 Å². The summed E-state index contributed by atoms with van der Waals surface area (Å²) in [4.78, 5) is 21.2. The fraction of sp³-hybridized carbons (Fsp3) is 0.125. The highest BCUT2D eigenvalue weighted by Gasteiger charge is 2.18. The molecule has 5 heterocycles. The second kappa shape index (κ2) is 7.41. The number of aryl methyl sites for hydroxylation is 2. The molecule has 6 rings (SSSR count). The molecule has 0 unspecified atom stereocenters. The molecule has 34 heavy (non-hydrogen) atoms. The van der Waals surface area contributed by atoms with Crippen molar-refractivity contribution >= 4 is 28.4 Å². The van der Waals surface area contributed by atoms with E-state index in [1.807, 2.05) is 56.6 Å². The molecular weight excluding hydrogens is 432 g/mol. The molecule has 0 saturated carbocycles. The average molecular weight is 452 g/mol. The number of H-pyrrole nitrogens is 1. The standard InChI is InChI=1S/C24H20N8O2/c1-13-14(2)25-8-6-18(13)28-23-29-22-21(15-4-5-19-20(10-15)34-24(33)31(19)3)17(7-9-32(22)30-23)16-11-26-27-12-16/h4-12H,1-3H3,(H,26,27)(H,25,28,30). The van der Waals surface area contributed by atoms with E-state index in [0.29, 0.717) is 17.2 Å². The van der Waals surface area contributed by atoms with Gasteiger partial charge in [-0.1, -0.05) is 6.07 Å². The maximum Gasteiger partial charge on any atom is 0.419 e. The molecule has 0 saturated heterocycles. The van der Waals surface area contributed by atoms with Crippen molar-refractivity contribution in [3.05, 3.63) is 76.9 Å². The summed E-state index contributed by atoms with van der Waals surface area (Å²) in [5, 5.41) is 14.9. The first-order valence-corrected chi connectivity index (χ1v) is 10.7. The zero-order chi connectivity index (χ0) is 23.4. The lowest BCUT2D eigenvalue weighted by Crippen LogP contribution is -2.08. The molecule has 0 atom stereocenters. The molecular formula is C24H20N8O2. The summed E-state index contributed by atoms with van der Waals surface area (Å²) in [7, 11) is 1.69. The fourth-order valence-corrected chi connectivity index (χ4v) is 4.11. The van der Waals surface area contributed by atoms with Gasteiger partial charge in [-0.2, -0.15) is 10.1 Å². The van der Waals surface area contributed by atoms with E-state index < -0.39 is 5.76 Å². The molecule has 10 heteroatoms. The zero-order valence-corrected chi connectivity index (χ0v) is 18.7. The van der Waals surface area contributed by atoms with Gasteiger partial charge in [0.2, 0.25) is 5.95 Å². The largest absolute Gasteiger partial charge is 0.419 e. The van der Waals surface area contributed by atoms with Crippen molar-refractivity contribution in [3.8, 4) is 22.3 Å². The van der Waals surface area contributed by atoms with Crippen LogP contribution in [0.5, 0.6) is 0 Å². The van der Waals surface area contributed by atoms with Crippen LogP contribution >= 0.6 is 0 Å². The number of hydrogen-bond acceptors (Lipinski definition) is 7. The molecule has 5 aromatic heterocycles. The van der Waals surface area contributed by atoms with Crippen LogP contribution < -0.4 is 11.1 Å². The van der Waals surface area contributed by atoms with E-state index in [1.54, 1.807) is 24.0 Å². The number of benzene rings is 1. The predicted molar refractivity (Wildman–Crippen MR) is 128 cm³/mol. The van der Waals surface area contributed by atoms with E-state index in [2.05, 4.69) is 25.6 Å². The van der Waals surface area contributed by atoms with Crippen molar-refractivity contribution in [2.45, 2.75) is 13.8 Å². The highest BCUT2D eigenvalue weighted by atomic mass is 16.4. The summed E-state index contributed by atoms with van der Waals surface area (Å²) in [6.07, 6.45) is 7.21. The molecule has 1 aromatic carbocycles. The monoisotopic (exact) mass is 452 g/mol. The molecule has 6 aromatic rings. The van der Waals surface area contributed by atoms with Gasteiger partial charge in [-0.05, 0) is 54.8 Å². The van der Waals surface area contributed by atoms with Crippen LogP contribution in [0, 0.1) is 13.8 Å². The predicted octanol–water partition coefficient (Wildman–Crippen LogP) is 3.99. The normalized spacial score (nSPS) is 11.5. The number of rotatable bonds is 4. The van der Waals surface area contributed by atoms with Crippen LogP contribution in [0.25, 0.3) is 39.0 Å². The van der Waals surface area contributed by atoms with E-state index in [4.69, 9.17) is 9.40 Å². The number of hydrogen-bond donors (Lipinski definition) is 2. The SMILES string of the molecule is Cc1nccc(Nc2nc3c(-c4ccc5c(c4)oc(=O)n5C)c(-c4cn[nH]c4)ccn3n2)c1C. The quantitative estimate of drug-likeness (QED) is 0.415. The minimum Gasteiger partial charge on any atom is -0.408 e. The summed E-state index contributed by atoms with van der Waals surface area (Å²) in [6.45, 7) is 3.97. The Morgan fingerprint density at radius 2 is 2.00 bits per heavy atom. The number of pyridine rings is 2. The Hall–Kier alpha value is -4.73. The summed E-state index contributed by atoms with van der Waals surface area (Å²) < 4.78 is 8.65. The molecule has 0 fully saturated rings. The first-order chi connectivity index (χ1) is 16.5. The fourth-order valence-electron chi connectivity index (χ4n) is 4.11. The van der Waals surface area contributed by atoms with Gasteiger partial charge in [0, 0.05) is 48.1 Å². The van der Waals surface area contributed by atoms with Crippen molar-refractivity contribution in [1.29, 1.82) is 0 Å². The lowest BCUT2D eigenvalue weighted by molar-refractivity contribution is 0.528. The van der Waals surface area contributed by atoms with Crippen molar-refractivity contribution in [2.75, 3.05) is 5.32 Å². The van der Waals surface area contributed by atoms with Gasteiger partial charge in [0.05, 0.1) is 11.7 Å². The smallest absolute Gasteiger partial charge is 0.408 e. The number of nitrogens with zero attached hydrogens (tertiary/aromatic N) is 6. The van der Waals surface area contributed by atoms with Crippen LogP contribution in [0.1, 0.15) is 11.3 Å². The molecule has 0 spiro atoms. The minimum atomic E-state index is -0.405. The molecule has 0 amide bonds.